The molecule has 3 rings (SSSR count). The van der Waals surface area contributed by atoms with Crippen molar-refractivity contribution in [3.8, 4) is 0 Å². The third kappa shape index (κ3) is 3.48. The zero-order valence-corrected chi connectivity index (χ0v) is 15.3. The van der Waals surface area contributed by atoms with E-state index in [0.717, 1.165) is 4.90 Å². The van der Waals surface area contributed by atoms with Crippen molar-refractivity contribution in [1.29, 1.82) is 0 Å². The maximum absolute atomic E-state index is 12.9. The number of fused-ring (bicyclic) bond motifs is 1. The fraction of sp³-hybridized carbons (Fsp3) is 0.250. The highest BCUT2D eigenvalue weighted by molar-refractivity contribution is 6.30. The van der Waals surface area contributed by atoms with Crippen LogP contribution in [-0.2, 0) is 4.79 Å². The summed E-state index contributed by atoms with van der Waals surface area (Å²) in [6.07, 6.45) is 0.380. The summed E-state index contributed by atoms with van der Waals surface area (Å²) in [5, 5.41) is 3.33. The summed E-state index contributed by atoms with van der Waals surface area (Å²) >= 11 is 5.86. The molecule has 0 aromatic heterocycles. The monoisotopic (exact) mass is 370 g/mol. The zero-order chi connectivity index (χ0) is 18.8. The van der Waals surface area contributed by atoms with E-state index in [9.17, 15) is 14.4 Å². The Labute approximate surface area is 156 Å². The van der Waals surface area contributed by atoms with Crippen LogP contribution < -0.4 is 5.32 Å². The Bertz CT molecular complexity index is 827. The maximum atomic E-state index is 12.9. The molecule has 1 aliphatic heterocycles. The van der Waals surface area contributed by atoms with Gasteiger partial charge < -0.3 is 5.32 Å². The van der Waals surface area contributed by atoms with E-state index in [1.165, 1.54) is 0 Å². The van der Waals surface area contributed by atoms with Gasteiger partial charge in [0.1, 0.15) is 6.04 Å². The summed E-state index contributed by atoms with van der Waals surface area (Å²) < 4.78 is 0. The summed E-state index contributed by atoms with van der Waals surface area (Å²) in [5.41, 5.74) is 1.24. The van der Waals surface area contributed by atoms with Crippen molar-refractivity contribution in [3.05, 3.63) is 64.7 Å². The van der Waals surface area contributed by atoms with Gasteiger partial charge in [0.2, 0.25) is 5.91 Å². The van der Waals surface area contributed by atoms with Gasteiger partial charge in [0, 0.05) is 10.7 Å². The van der Waals surface area contributed by atoms with Crippen LogP contribution in [0.1, 0.15) is 41.0 Å². The first-order chi connectivity index (χ1) is 12.4. The summed E-state index contributed by atoms with van der Waals surface area (Å²) in [6, 6.07) is 12.4. The lowest BCUT2D eigenvalue weighted by Crippen LogP contribution is -2.47. The molecule has 0 spiro atoms. The second kappa shape index (κ2) is 7.30. The molecule has 0 radical (unpaired) electrons. The molecule has 0 saturated heterocycles. The molecule has 6 heteroatoms. The molecule has 1 aliphatic rings. The Balaban J connectivity index is 1.89. The maximum Gasteiger partial charge on any atom is 0.262 e. The lowest BCUT2D eigenvalue weighted by atomic mass is 10.0. The predicted molar refractivity (Wildman–Crippen MR) is 100 cm³/mol. The predicted octanol–water partition coefficient (Wildman–Crippen LogP) is 3.99. The molecule has 3 amide bonds. The largest absolute Gasteiger partial charge is 0.324 e. The standard InChI is InChI=1S/C20H19ClN2O3/c1-12(2)11-17(18(24)22-14-9-7-13(21)8-10-14)23-19(25)15-5-3-4-6-16(15)20(23)26/h3-10,12,17H,11H2,1-2H3,(H,22,24). The summed E-state index contributed by atoms with van der Waals surface area (Å²) in [7, 11) is 0. The third-order valence-electron chi connectivity index (χ3n) is 4.25. The highest BCUT2D eigenvalue weighted by Crippen LogP contribution is 2.27. The molecule has 2 aromatic carbocycles. The van der Waals surface area contributed by atoms with Gasteiger partial charge in [0.25, 0.3) is 11.8 Å². The molecule has 5 nitrogen and oxygen atoms in total. The molecule has 1 heterocycles. The van der Waals surface area contributed by atoms with E-state index in [1.54, 1.807) is 48.5 Å². The fourth-order valence-corrected chi connectivity index (χ4v) is 3.15. The fourth-order valence-electron chi connectivity index (χ4n) is 3.03. The number of anilines is 1. The number of carbonyl (C=O) groups is 3. The van der Waals surface area contributed by atoms with Crippen molar-refractivity contribution >= 4 is 35.0 Å². The summed E-state index contributed by atoms with van der Waals surface area (Å²) in [4.78, 5) is 39.4. The van der Waals surface area contributed by atoms with E-state index >= 15 is 0 Å². The second-order valence-corrected chi connectivity index (χ2v) is 7.10. The van der Waals surface area contributed by atoms with Crippen molar-refractivity contribution in [3.63, 3.8) is 0 Å². The topological polar surface area (TPSA) is 66.5 Å². The number of nitrogens with zero attached hydrogens (tertiary/aromatic N) is 1. The van der Waals surface area contributed by atoms with Gasteiger partial charge in [-0.3, -0.25) is 19.3 Å². The summed E-state index contributed by atoms with van der Waals surface area (Å²) in [5.74, 6) is -1.12. The van der Waals surface area contributed by atoms with Crippen LogP contribution in [-0.4, -0.2) is 28.7 Å². The molecule has 134 valence electrons. The first-order valence-electron chi connectivity index (χ1n) is 8.42. The number of carbonyl (C=O) groups excluding carboxylic acids is 3. The molecular weight excluding hydrogens is 352 g/mol. The number of halogens is 1. The molecule has 0 bridgehead atoms. The Morgan fingerprint density at radius 2 is 1.54 bits per heavy atom. The lowest BCUT2D eigenvalue weighted by Gasteiger charge is -2.26. The minimum atomic E-state index is -0.877. The molecule has 26 heavy (non-hydrogen) atoms. The number of benzene rings is 2. The van der Waals surface area contributed by atoms with Crippen LogP contribution in [0.15, 0.2) is 48.5 Å². The number of nitrogens with one attached hydrogen (secondary N) is 1. The molecule has 0 aliphatic carbocycles. The number of rotatable bonds is 5. The van der Waals surface area contributed by atoms with Gasteiger partial charge in [-0.15, -0.1) is 0 Å². The van der Waals surface area contributed by atoms with Gasteiger partial charge in [-0.05, 0) is 48.7 Å². The highest BCUT2D eigenvalue weighted by Gasteiger charge is 2.42. The van der Waals surface area contributed by atoms with Crippen molar-refractivity contribution in [2.24, 2.45) is 5.92 Å². The first-order valence-corrected chi connectivity index (χ1v) is 8.79. The molecule has 2 aromatic rings. The van der Waals surface area contributed by atoms with Crippen LogP contribution in [0.3, 0.4) is 0 Å². The number of hydrogen-bond donors (Lipinski definition) is 1. The van der Waals surface area contributed by atoms with Crippen molar-refractivity contribution < 1.29 is 14.4 Å². The van der Waals surface area contributed by atoms with Crippen LogP contribution >= 0.6 is 11.6 Å². The van der Waals surface area contributed by atoms with Crippen LogP contribution in [0.2, 0.25) is 5.02 Å². The Kier molecular flexibility index (Phi) is 5.09. The van der Waals surface area contributed by atoms with Crippen LogP contribution in [0.25, 0.3) is 0 Å². The summed E-state index contributed by atoms with van der Waals surface area (Å²) in [6.45, 7) is 3.89. The average Bonchev–Trinajstić information content (AvgIpc) is 2.86. The van der Waals surface area contributed by atoms with Gasteiger partial charge in [0.05, 0.1) is 11.1 Å². The number of imide groups is 1. The molecule has 1 unspecified atom stereocenters. The lowest BCUT2D eigenvalue weighted by molar-refractivity contribution is -0.120. The van der Waals surface area contributed by atoms with Crippen LogP contribution in [0.4, 0.5) is 5.69 Å². The molecule has 1 N–H and O–H groups in total. The minimum Gasteiger partial charge on any atom is -0.324 e. The van der Waals surface area contributed by atoms with Gasteiger partial charge in [-0.1, -0.05) is 37.6 Å². The van der Waals surface area contributed by atoms with Gasteiger partial charge >= 0.3 is 0 Å². The van der Waals surface area contributed by atoms with Crippen molar-refractivity contribution in [2.45, 2.75) is 26.3 Å². The average molecular weight is 371 g/mol. The quantitative estimate of drug-likeness (QED) is 0.809. The van der Waals surface area contributed by atoms with E-state index in [4.69, 9.17) is 11.6 Å². The second-order valence-electron chi connectivity index (χ2n) is 6.67. The zero-order valence-electron chi connectivity index (χ0n) is 14.5. The molecular formula is C20H19ClN2O3. The Hall–Kier alpha value is -2.66. The van der Waals surface area contributed by atoms with E-state index < -0.39 is 23.8 Å². The van der Waals surface area contributed by atoms with Crippen LogP contribution in [0.5, 0.6) is 0 Å². The van der Waals surface area contributed by atoms with Gasteiger partial charge in [0.15, 0.2) is 0 Å². The third-order valence-corrected chi connectivity index (χ3v) is 4.50. The Morgan fingerprint density at radius 3 is 2.04 bits per heavy atom. The minimum absolute atomic E-state index is 0.125. The van der Waals surface area contributed by atoms with Gasteiger partial charge in [-0.2, -0.15) is 0 Å². The van der Waals surface area contributed by atoms with Crippen molar-refractivity contribution in [2.75, 3.05) is 5.32 Å². The van der Waals surface area contributed by atoms with E-state index in [2.05, 4.69) is 5.32 Å². The van der Waals surface area contributed by atoms with Gasteiger partial charge in [-0.25, -0.2) is 0 Å². The first kappa shape index (κ1) is 18.1. The normalized spacial score (nSPS) is 14.5. The van der Waals surface area contributed by atoms with Crippen molar-refractivity contribution in [1.82, 2.24) is 4.90 Å². The smallest absolute Gasteiger partial charge is 0.262 e. The van der Waals surface area contributed by atoms with Crippen LogP contribution in [0, 0.1) is 5.92 Å². The molecule has 1 atom stereocenters. The number of hydrogen-bond acceptors (Lipinski definition) is 3. The highest BCUT2D eigenvalue weighted by atomic mass is 35.5. The SMILES string of the molecule is CC(C)CC(C(=O)Nc1ccc(Cl)cc1)N1C(=O)c2ccccc2C1=O. The van der Waals surface area contributed by atoms with E-state index in [-0.39, 0.29) is 5.92 Å². The molecule has 0 fully saturated rings. The number of amides is 3. The van der Waals surface area contributed by atoms with E-state index in [1.807, 2.05) is 13.8 Å². The molecule has 0 saturated carbocycles. The Morgan fingerprint density at radius 1 is 1.00 bits per heavy atom. The van der Waals surface area contributed by atoms with E-state index in [0.29, 0.717) is 28.3 Å².